The fraction of sp³-hybridized carbons (Fsp3) is 1.00. The zero-order chi connectivity index (χ0) is 12.3. The molecule has 0 amide bonds. The van der Waals surface area contributed by atoms with E-state index in [1.807, 2.05) is 0 Å². The minimum Gasteiger partial charge on any atom is -0.298 e. The predicted octanol–water partition coefficient (Wildman–Crippen LogP) is 2.69. The van der Waals surface area contributed by atoms with Gasteiger partial charge in [-0.15, -0.1) is 0 Å². The molecular weight excluding hydrogens is 228 g/mol. The number of hydrogen-bond acceptors (Lipinski definition) is 3. The fourth-order valence-corrected chi connectivity index (χ4v) is 4.17. The SMILES string of the molecule is CCSCC(C)N1CC2CCCN2CC1CC. The predicted molar refractivity (Wildman–Crippen MR) is 77.8 cm³/mol. The first-order valence-corrected chi connectivity index (χ1v) is 8.49. The molecule has 2 aliphatic heterocycles. The number of piperazine rings is 1. The highest BCUT2D eigenvalue weighted by Crippen LogP contribution is 2.27. The number of hydrogen-bond donors (Lipinski definition) is 0. The van der Waals surface area contributed by atoms with Gasteiger partial charge < -0.3 is 0 Å². The molecule has 2 nitrogen and oxygen atoms in total. The van der Waals surface area contributed by atoms with Gasteiger partial charge in [-0.25, -0.2) is 0 Å². The molecule has 0 aromatic heterocycles. The van der Waals surface area contributed by atoms with Crippen molar-refractivity contribution in [1.29, 1.82) is 0 Å². The Kier molecular flexibility index (Phi) is 5.19. The standard InChI is InChI=1S/C14H28N2S/c1-4-13-9-15-8-6-7-14(15)10-16(13)12(3)11-17-5-2/h12-14H,4-11H2,1-3H3. The summed E-state index contributed by atoms with van der Waals surface area (Å²) >= 11 is 2.09. The van der Waals surface area contributed by atoms with Crippen LogP contribution in [0.4, 0.5) is 0 Å². The van der Waals surface area contributed by atoms with Crippen molar-refractivity contribution in [2.45, 2.75) is 58.2 Å². The van der Waals surface area contributed by atoms with Gasteiger partial charge in [0.1, 0.15) is 0 Å². The van der Waals surface area contributed by atoms with E-state index in [4.69, 9.17) is 0 Å². The van der Waals surface area contributed by atoms with Gasteiger partial charge in [0.2, 0.25) is 0 Å². The van der Waals surface area contributed by atoms with Gasteiger partial charge in [-0.2, -0.15) is 11.8 Å². The summed E-state index contributed by atoms with van der Waals surface area (Å²) in [6.07, 6.45) is 4.16. The summed E-state index contributed by atoms with van der Waals surface area (Å²) in [4.78, 5) is 5.54. The lowest BCUT2D eigenvalue weighted by Crippen LogP contribution is -2.58. The van der Waals surface area contributed by atoms with E-state index in [0.717, 1.165) is 18.1 Å². The molecule has 3 heteroatoms. The van der Waals surface area contributed by atoms with Gasteiger partial charge in [0, 0.05) is 37.0 Å². The van der Waals surface area contributed by atoms with Crippen molar-refractivity contribution < 1.29 is 0 Å². The maximum absolute atomic E-state index is 2.80. The lowest BCUT2D eigenvalue weighted by molar-refractivity contribution is 0.0296. The first-order chi connectivity index (χ1) is 8.26. The Morgan fingerprint density at radius 3 is 2.82 bits per heavy atom. The van der Waals surface area contributed by atoms with Gasteiger partial charge in [0.25, 0.3) is 0 Å². The topological polar surface area (TPSA) is 6.48 Å². The molecule has 3 unspecified atom stereocenters. The molecule has 2 fully saturated rings. The minimum atomic E-state index is 0.757. The van der Waals surface area contributed by atoms with Crippen molar-refractivity contribution in [2.24, 2.45) is 0 Å². The average Bonchev–Trinajstić information content (AvgIpc) is 2.81. The fourth-order valence-electron chi connectivity index (χ4n) is 3.40. The van der Waals surface area contributed by atoms with E-state index in [9.17, 15) is 0 Å². The van der Waals surface area contributed by atoms with E-state index < -0.39 is 0 Å². The van der Waals surface area contributed by atoms with Gasteiger partial charge in [-0.1, -0.05) is 13.8 Å². The van der Waals surface area contributed by atoms with Crippen LogP contribution in [0.2, 0.25) is 0 Å². The number of rotatable bonds is 5. The van der Waals surface area contributed by atoms with E-state index in [-0.39, 0.29) is 0 Å². The van der Waals surface area contributed by atoms with Crippen molar-refractivity contribution in [3.05, 3.63) is 0 Å². The number of nitrogens with zero attached hydrogens (tertiary/aromatic N) is 2. The number of fused-ring (bicyclic) bond motifs is 1. The molecule has 2 aliphatic rings. The molecule has 17 heavy (non-hydrogen) atoms. The van der Waals surface area contributed by atoms with Crippen molar-refractivity contribution in [3.63, 3.8) is 0 Å². The smallest absolute Gasteiger partial charge is 0.0224 e. The van der Waals surface area contributed by atoms with Gasteiger partial charge >= 0.3 is 0 Å². The third-order valence-electron chi connectivity index (χ3n) is 4.44. The maximum Gasteiger partial charge on any atom is 0.0224 e. The second kappa shape index (κ2) is 6.44. The minimum absolute atomic E-state index is 0.757. The molecule has 3 atom stereocenters. The average molecular weight is 256 g/mol. The van der Waals surface area contributed by atoms with Crippen LogP contribution in [0.3, 0.4) is 0 Å². The van der Waals surface area contributed by atoms with Crippen molar-refractivity contribution >= 4 is 11.8 Å². The van der Waals surface area contributed by atoms with Crippen LogP contribution in [0, 0.1) is 0 Å². The summed E-state index contributed by atoms with van der Waals surface area (Å²) in [5.74, 6) is 2.56. The third-order valence-corrected chi connectivity index (χ3v) is 5.56. The molecule has 0 aromatic carbocycles. The number of thioether (sulfide) groups is 1. The van der Waals surface area contributed by atoms with Gasteiger partial charge in [-0.05, 0) is 38.5 Å². The summed E-state index contributed by atoms with van der Waals surface area (Å²) in [5, 5.41) is 0. The van der Waals surface area contributed by atoms with Crippen LogP contribution < -0.4 is 0 Å². The highest BCUT2D eigenvalue weighted by molar-refractivity contribution is 7.99. The lowest BCUT2D eigenvalue weighted by atomic mass is 10.0. The Morgan fingerprint density at radius 1 is 1.29 bits per heavy atom. The quantitative estimate of drug-likeness (QED) is 0.747. The molecular formula is C14H28N2S. The van der Waals surface area contributed by atoms with Crippen molar-refractivity contribution in [1.82, 2.24) is 9.80 Å². The summed E-state index contributed by atoms with van der Waals surface area (Å²) in [7, 11) is 0. The monoisotopic (exact) mass is 256 g/mol. The molecule has 2 rings (SSSR count). The Morgan fingerprint density at radius 2 is 2.12 bits per heavy atom. The van der Waals surface area contributed by atoms with Crippen LogP contribution in [-0.2, 0) is 0 Å². The maximum atomic E-state index is 2.80. The van der Waals surface area contributed by atoms with Crippen LogP contribution in [0.15, 0.2) is 0 Å². The van der Waals surface area contributed by atoms with Crippen LogP contribution in [0.1, 0.15) is 40.0 Å². The molecule has 2 saturated heterocycles. The molecule has 2 heterocycles. The van der Waals surface area contributed by atoms with E-state index in [2.05, 4.69) is 42.3 Å². The molecule has 0 saturated carbocycles. The van der Waals surface area contributed by atoms with E-state index in [0.29, 0.717) is 0 Å². The third kappa shape index (κ3) is 3.18. The Bertz CT molecular complexity index is 234. The van der Waals surface area contributed by atoms with Gasteiger partial charge in [0.05, 0.1) is 0 Å². The van der Waals surface area contributed by atoms with Crippen molar-refractivity contribution in [3.8, 4) is 0 Å². The molecule has 0 bridgehead atoms. The highest BCUT2D eigenvalue weighted by atomic mass is 32.2. The van der Waals surface area contributed by atoms with Gasteiger partial charge in [-0.3, -0.25) is 9.80 Å². The summed E-state index contributed by atoms with van der Waals surface area (Å²) in [6, 6.07) is 2.43. The zero-order valence-corrected chi connectivity index (χ0v) is 12.5. The first-order valence-electron chi connectivity index (χ1n) is 7.33. The molecule has 0 radical (unpaired) electrons. The van der Waals surface area contributed by atoms with E-state index >= 15 is 0 Å². The Balaban J connectivity index is 1.93. The molecule has 100 valence electrons. The lowest BCUT2D eigenvalue weighted by Gasteiger charge is -2.46. The highest BCUT2D eigenvalue weighted by Gasteiger charge is 2.36. The normalized spacial score (nSPS) is 32.6. The molecule has 0 aromatic rings. The van der Waals surface area contributed by atoms with Crippen LogP contribution in [0.25, 0.3) is 0 Å². The van der Waals surface area contributed by atoms with Crippen molar-refractivity contribution in [2.75, 3.05) is 31.1 Å². The summed E-state index contributed by atoms with van der Waals surface area (Å²) in [5.41, 5.74) is 0. The second-order valence-corrected chi connectivity index (χ2v) is 6.88. The summed E-state index contributed by atoms with van der Waals surface area (Å²) in [6.45, 7) is 11.0. The van der Waals surface area contributed by atoms with Crippen LogP contribution in [-0.4, -0.2) is 59.1 Å². The molecule has 0 spiro atoms. The first kappa shape index (κ1) is 13.7. The van der Waals surface area contributed by atoms with Crippen LogP contribution in [0.5, 0.6) is 0 Å². The molecule has 0 aliphatic carbocycles. The largest absolute Gasteiger partial charge is 0.298 e. The molecule has 0 N–H and O–H groups in total. The zero-order valence-electron chi connectivity index (χ0n) is 11.7. The summed E-state index contributed by atoms with van der Waals surface area (Å²) < 4.78 is 0. The van der Waals surface area contributed by atoms with Crippen LogP contribution >= 0.6 is 11.8 Å². The van der Waals surface area contributed by atoms with Gasteiger partial charge in [0.15, 0.2) is 0 Å². The second-order valence-electron chi connectivity index (χ2n) is 5.56. The Hall–Kier alpha value is 0.270. The van der Waals surface area contributed by atoms with E-state index in [1.165, 1.54) is 50.4 Å². The Labute approximate surface area is 111 Å². The van der Waals surface area contributed by atoms with E-state index in [1.54, 1.807) is 0 Å².